The van der Waals surface area contributed by atoms with E-state index in [0.29, 0.717) is 32.0 Å². The molecular weight excluding hydrogens is 230 g/mol. The van der Waals surface area contributed by atoms with Crippen molar-refractivity contribution >= 4 is 0 Å². The molecule has 0 saturated heterocycles. The third kappa shape index (κ3) is 3.84. The van der Waals surface area contributed by atoms with Gasteiger partial charge >= 0.3 is 5.69 Å². The molecule has 0 saturated carbocycles. The van der Waals surface area contributed by atoms with Crippen molar-refractivity contribution in [2.45, 2.75) is 46.2 Å². The highest BCUT2D eigenvalue weighted by Crippen LogP contribution is 2.06. The molecule has 0 amide bonds. The highest BCUT2D eigenvalue weighted by Gasteiger charge is 2.07. The smallest absolute Gasteiger partial charge is 0.330 e. The molecule has 0 aromatic carbocycles. The molecule has 1 heterocycles. The second-order valence-electron chi connectivity index (χ2n) is 4.78. The second kappa shape index (κ2) is 7.16. The van der Waals surface area contributed by atoms with Gasteiger partial charge in [-0.25, -0.2) is 4.79 Å². The quantitative estimate of drug-likeness (QED) is 0.781. The second-order valence-corrected chi connectivity index (χ2v) is 4.78. The maximum absolute atomic E-state index is 12.1. The molecule has 1 rings (SSSR count). The Kier molecular flexibility index (Phi) is 5.85. The van der Waals surface area contributed by atoms with E-state index in [1.54, 1.807) is 10.8 Å². The van der Waals surface area contributed by atoms with Crippen LogP contribution in [-0.4, -0.2) is 15.7 Å². The van der Waals surface area contributed by atoms with E-state index < -0.39 is 0 Å². The molecule has 0 spiro atoms. The van der Waals surface area contributed by atoms with Gasteiger partial charge in [-0.15, -0.1) is 0 Å². The van der Waals surface area contributed by atoms with Crippen LogP contribution in [0.1, 0.15) is 33.1 Å². The van der Waals surface area contributed by atoms with Crippen molar-refractivity contribution < 1.29 is 0 Å². The third-order valence-electron chi connectivity index (χ3n) is 3.02. The number of rotatable bonds is 7. The van der Waals surface area contributed by atoms with Crippen LogP contribution in [0.4, 0.5) is 0 Å². The van der Waals surface area contributed by atoms with Crippen LogP contribution in [0.2, 0.25) is 0 Å². The highest BCUT2D eigenvalue weighted by atomic mass is 16.2. The van der Waals surface area contributed by atoms with E-state index in [1.807, 2.05) is 0 Å². The molecule has 0 fully saturated rings. The molecule has 0 aliphatic carbocycles. The summed E-state index contributed by atoms with van der Waals surface area (Å²) < 4.78 is 2.89. The first-order valence-corrected chi connectivity index (χ1v) is 6.60. The van der Waals surface area contributed by atoms with E-state index >= 15 is 0 Å². The molecule has 2 N–H and O–H groups in total. The summed E-state index contributed by atoms with van der Waals surface area (Å²) in [6, 6.07) is 1.45. The van der Waals surface area contributed by atoms with E-state index in [1.165, 1.54) is 10.6 Å². The minimum absolute atomic E-state index is 0.223. The van der Waals surface area contributed by atoms with Gasteiger partial charge in [0.1, 0.15) is 0 Å². The molecule has 0 aliphatic heterocycles. The fourth-order valence-corrected chi connectivity index (χ4v) is 2.07. The van der Waals surface area contributed by atoms with E-state index in [2.05, 4.69) is 13.8 Å². The molecule has 0 bridgehead atoms. The van der Waals surface area contributed by atoms with Crippen molar-refractivity contribution in [2.75, 3.05) is 6.54 Å². The first-order valence-electron chi connectivity index (χ1n) is 6.60. The van der Waals surface area contributed by atoms with Gasteiger partial charge in [-0.05, 0) is 25.3 Å². The van der Waals surface area contributed by atoms with Crippen molar-refractivity contribution in [3.05, 3.63) is 33.1 Å². The average Bonchev–Trinajstić information content (AvgIpc) is 2.33. The molecule has 5 nitrogen and oxygen atoms in total. The Bertz CT molecular complexity index is 476. The maximum Gasteiger partial charge on any atom is 0.330 e. The normalized spacial score (nSPS) is 12.6. The Morgan fingerprint density at radius 1 is 1.39 bits per heavy atom. The van der Waals surface area contributed by atoms with E-state index in [-0.39, 0.29) is 11.2 Å². The highest BCUT2D eigenvalue weighted by molar-refractivity contribution is 4.86. The lowest BCUT2D eigenvalue weighted by atomic mass is 10.1. The summed E-state index contributed by atoms with van der Waals surface area (Å²) in [7, 11) is 0. The van der Waals surface area contributed by atoms with Crippen LogP contribution in [0.15, 0.2) is 21.9 Å². The van der Waals surface area contributed by atoms with Crippen molar-refractivity contribution in [3.63, 3.8) is 0 Å². The van der Waals surface area contributed by atoms with Gasteiger partial charge in [0.05, 0.1) is 0 Å². The van der Waals surface area contributed by atoms with Crippen LogP contribution < -0.4 is 17.0 Å². The Morgan fingerprint density at radius 3 is 2.72 bits per heavy atom. The van der Waals surface area contributed by atoms with Gasteiger partial charge in [0.25, 0.3) is 5.56 Å². The number of hydrogen-bond acceptors (Lipinski definition) is 3. The van der Waals surface area contributed by atoms with Gasteiger partial charge in [0.2, 0.25) is 0 Å². The van der Waals surface area contributed by atoms with E-state index in [9.17, 15) is 9.59 Å². The summed E-state index contributed by atoms with van der Waals surface area (Å²) in [4.78, 5) is 23.7. The third-order valence-corrected chi connectivity index (χ3v) is 3.02. The fourth-order valence-electron chi connectivity index (χ4n) is 2.07. The fraction of sp³-hybridized carbons (Fsp3) is 0.692. The molecule has 1 aromatic heterocycles. The predicted octanol–water partition coefficient (Wildman–Crippen LogP) is 0.795. The van der Waals surface area contributed by atoms with Crippen molar-refractivity contribution in [1.29, 1.82) is 0 Å². The molecule has 1 aromatic rings. The standard InChI is InChI=1S/C13H23N3O2/c1-3-5-11(2)10-15-9-6-12(17)16(13(15)18)8-4-7-14/h6,9,11H,3-5,7-8,10,14H2,1-2H3. The van der Waals surface area contributed by atoms with E-state index in [4.69, 9.17) is 5.73 Å². The average molecular weight is 253 g/mol. The summed E-state index contributed by atoms with van der Waals surface area (Å²) in [5.41, 5.74) is 4.94. The summed E-state index contributed by atoms with van der Waals surface area (Å²) in [6.45, 7) is 5.78. The molecule has 1 unspecified atom stereocenters. The van der Waals surface area contributed by atoms with Crippen LogP contribution in [0.5, 0.6) is 0 Å². The zero-order valence-electron chi connectivity index (χ0n) is 11.3. The lowest BCUT2D eigenvalue weighted by Gasteiger charge is -2.13. The summed E-state index contributed by atoms with van der Waals surface area (Å²) in [5.74, 6) is 0.438. The van der Waals surface area contributed by atoms with Crippen LogP contribution >= 0.6 is 0 Å². The lowest BCUT2D eigenvalue weighted by molar-refractivity contribution is 0.419. The molecule has 0 aliphatic rings. The Morgan fingerprint density at radius 2 is 2.11 bits per heavy atom. The number of hydrogen-bond donors (Lipinski definition) is 1. The number of nitrogens with two attached hydrogens (primary N) is 1. The van der Waals surface area contributed by atoms with Gasteiger partial charge in [-0.1, -0.05) is 20.3 Å². The van der Waals surface area contributed by atoms with Gasteiger partial charge < -0.3 is 10.3 Å². The van der Waals surface area contributed by atoms with Gasteiger partial charge in [-0.3, -0.25) is 9.36 Å². The van der Waals surface area contributed by atoms with Crippen LogP contribution in [0, 0.1) is 5.92 Å². The number of nitrogens with zero attached hydrogens (tertiary/aromatic N) is 2. The van der Waals surface area contributed by atoms with Crippen LogP contribution in [-0.2, 0) is 13.1 Å². The Balaban J connectivity index is 2.94. The van der Waals surface area contributed by atoms with Crippen molar-refractivity contribution in [3.8, 4) is 0 Å². The van der Waals surface area contributed by atoms with Gasteiger partial charge in [-0.2, -0.15) is 0 Å². The zero-order valence-corrected chi connectivity index (χ0v) is 11.3. The molecular formula is C13H23N3O2. The van der Waals surface area contributed by atoms with E-state index in [0.717, 1.165) is 12.8 Å². The number of aromatic nitrogens is 2. The van der Waals surface area contributed by atoms with Crippen molar-refractivity contribution in [2.24, 2.45) is 11.7 Å². The monoisotopic (exact) mass is 253 g/mol. The van der Waals surface area contributed by atoms with Crippen molar-refractivity contribution in [1.82, 2.24) is 9.13 Å². The van der Waals surface area contributed by atoms with Crippen LogP contribution in [0.3, 0.4) is 0 Å². The molecule has 102 valence electrons. The van der Waals surface area contributed by atoms with Crippen LogP contribution in [0.25, 0.3) is 0 Å². The first-order chi connectivity index (χ1) is 8.60. The first kappa shape index (κ1) is 14.7. The zero-order chi connectivity index (χ0) is 13.5. The SMILES string of the molecule is CCCC(C)Cn1ccc(=O)n(CCCN)c1=O. The topological polar surface area (TPSA) is 70.0 Å². The van der Waals surface area contributed by atoms with Gasteiger partial charge in [0.15, 0.2) is 0 Å². The predicted molar refractivity (Wildman–Crippen MR) is 72.7 cm³/mol. The minimum atomic E-state index is -0.243. The lowest BCUT2D eigenvalue weighted by Crippen LogP contribution is -2.40. The summed E-state index contributed by atoms with van der Waals surface area (Å²) >= 11 is 0. The maximum atomic E-state index is 12.1. The minimum Gasteiger partial charge on any atom is -0.330 e. The summed E-state index contributed by atoms with van der Waals surface area (Å²) in [5, 5.41) is 0. The van der Waals surface area contributed by atoms with Gasteiger partial charge in [0, 0.05) is 25.4 Å². The molecule has 0 radical (unpaired) electrons. The Labute approximate surface area is 107 Å². The molecule has 18 heavy (non-hydrogen) atoms. The molecule has 1 atom stereocenters. The summed E-state index contributed by atoms with van der Waals surface area (Å²) in [6.07, 6.45) is 4.41. The largest absolute Gasteiger partial charge is 0.330 e. The molecule has 5 heteroatoms. The Hall–Kier alpha value is -1.36.